The van der Waals surface area contributed by atoms with Crippen LogP contribution in [0.1, 0.15) is 40.5 Å². The van der Waals surface area contributed by atoms with Crippen molar-refractivity contribution in [3.8, 4) is 5.75 Å². The SMILES string of the molecule is CC1(C)OB(c2nccc([N+](=O)[O-])c2OC2CC2)OC1(C)C. The zero-order valence-corrected chi connectivity index (χ0v) is 13.2. The molecular weight excluding hydrogens is 287 g/mol. The van der Waals surface area contributed by atoms with E-state index in [1.54, 1.807) is 0 Å². The highest BCUT2D eigenvalue weighted by molar-refractivity contribution is 6.62. The molecule has 2 fully saturated rings. The Bertz CT molecular complexity index is 599. The monoisotopic (exact) mass is 306 g/mol. The lowest BCUT2D eigenvalue weighted by atomic mass is 9.83. The fraction of sp³-hybridized carbons (Fsp3) is 0.643. The summed E-state index contributed by atoms with van der Waals surface area (Å²) in [5.41, 5.74) is -0.854. The van der Waals surface area contributed by atoms with Crippen LogP contribution in [0.4, 0.5) is 5.69 Å². The topological polar surface area (TPSA) is 83.7 Å². The van der Waals surface area contributed by atoms with Crippen molar-refractivity contribution in [2.24, 2.45) is 0 Å². The van der Waals surface area contributed by atoms with Gasteiger partial charge in [0.1, 0.15) is 5.59 Å². The first kappa shape index (κ1) is 15.2. The summed E-state index contributed by atoms with van der Waals surface area (Å²) in [5.74, 6) is 0.161. The van der Waals surface area contributed by atoms with Crippen LogP contribution in [0.3, 0.4) is 0 Å². The standard InChI is InChI=1S/C14H19BN2O5/c1-13(2)14(3,4)22-15(21-13)12-11(20-9-5-6-9)10(17(18)19)7-8-16-12/h7-9H,5-6H2,1-4H3. The first-order chi connectivity index (χ1) is 10.2. The molecule has 0 aromatic carbocycles. The number of hydrogen-bond donors (Lipinski definition) is 0. The van der Waals surface area contributed by atoms with Gasteiger partial charge in [0.15, 0.2) is 0 Å². The Kier molecular flexibility index (Phi) is 3.41. The van der Waals surface area contributed by atoms with Crippen molar-refractivity contribution in [1.29, 1.82) is 0 Å². The molecule has 1 saturated heterocycles. The van der Waals surface area contributed by atoms with Crippen molar-refractivity contribution in [2.45, 2.75) is 57.8 Å². The van der Waals surface area contributed by atoms with Crippen LogP contribution < -0.4 is 10.3 Å². The maximum absolute atomic E-state index is 11.3. The minimum Gasteiger partial charge on any atom is -0.483 e. The summed E-state index contributed by atoms with van der Waals surface area (Å²) in [6.45, 7) is 7.69. The Hall–Kier alpha value is -1.67. The second kappa shape index (κ2) is 4.92. The Morgan fingerprint density at radius 1 is 1.32 bits per heavy atom. The zero-order chi connectivity index (χ0) is 16.1. The highest BCUT2D eigenvalue weighted by atomic mass is 16.7. The van der Waals surface area contributed by atoms with E-state index in [1.165, 1.54) is 12.3 Å². The third kappa shape index (κ3) is 2.57. The maximum Gasteiger partial charge on any atom is 0.518 e. The predicted molar refractivity (Wildman–Crippen MR) is 80.3 cm³/mol. The van der Waals surface area contributed by atoms with Gasteiger partial charge in [-0.15, -0.1) is 0 Å². The summed E-state index contributed by atoms with van der Waals surface area (Å²) < 4.78 is 17.6. The van der Waals surface area contributed by atoms with Gasteiger partial charge < -0.3 is 14.0 Å². The normalized spacial score (nSPS) is 22.6. The van der Waals surface area contributed by atoms with Crippen molar-refractivity contribution in [2.75, 3.05) is 0 Å². The van der Waals surface area contributed by atoms with Gasteiger partial charge in [-0.2, -0.15) is 0 Å². The van der Waals surface area contributed by atoms with Crippen molar-refractivity contribution in [1.82, 2.24) is 4.98 Å². The Labute approximate surface area is 129 Å². The van der Waals surface area contributed by atoms with Gasteiger partial charge in [0.05, 0.1) is 22.2 Å². The second-order valence-electron chi connectivity index (χ2n) is 6.71. The Morgan fingerprint density at radius 2 is 1.91 bits per heavy atom. The van der Waals surface area contributed by atoms with Crippen molar-refractivity contribution in [3.63, 3.8) is 0 Å². The second-order valence-corrected chi connectivity index (χ2v) is 6.71. The first-order valence-electron chi connectivity index (χ1n) is 7.37. The molecule has 1 aromatic rings. The molecule has 2 aliphatic rings. The largest absolute Gasteiger partial charge is 0.518 e. The molecule has 0 spiro atoms. The molecule has 0 radical (unpaired) electrons. The molecule has 22 heavy (non-hydrogen) atoms. The van der Waals surface area contributed by atoms with Crippen LogP contribution in [0.5, 0.6) is 5.75 Å². The van der Waals surface area contributed by atoms with E-state index in [0.717, 1.165) is 12.8 Å². The van der Waals surface area contributed by atoms with Gasteiger partial charge in [-0.25, -0.2) is 0 Å². The zero-order valence-electron chi connectivity index (χ0n) is 13.2. The average molecular weight is 306 g/mol. The van der Waals surface area contributed by atoms with Crippen LogP contribution in [-0.2, 0) is 9.31 Å². The van der Waals surface area contributed by atoms with E-state index < -0.39 is 23.2 Å². The van der Waals surface area contributed by atoms with E-state index in [0.29, 0.717) is 5.59 Å². The Morgan fingerprint density at radius 3 is 2.41 bits per heavy atom. The molecule has 7 nitrogen and oxygen atoms in total. The van der Waals surface area contributed by atoms with Crippen LogP contribution in [0.25, 0.3) is 0 Å². The maximum atomic E-state index is 11.3. The number of hydrogen-bond acceptors (Lipinski definition) is 6. The third-order valence-corrected chi connectivity index (χ3v) is 4.39. The quantitative estimate of drug-likeness (QED) is 0.479. The van der Waals surface area contributed by atoms with Gasteiger partial charge >= 0.3 is 12.8 Å². The first-order valence-corrected chi connectivity index (χ1v) is 7.37. The van der Waals surface area contributed by atoms with Crippen LogP contribution in [-0.4, -0.2) is 34.3 Å². The van der Waals surface area contributed by atoms with Crippen LogP contribution in [0.2, 0.25) is 0 Å². The number of aromatic nitrogens is 1. The number of nitro groups is 1. The molecule has 8 heteroatoms. The lowest BCUT2D eigenvalue weighted by molar-refractivity contribution is -0.385. The lowest BCUT2D eigenvalue weighted by Crippen LogP contribution is -2.41. The van der Waals surface area contributed by atoms with Gasteiger partial charge in [-0.05, 0) is 40.5 Å². The minimum atomic E-state index is -0.779. The number of ether oxygens (including phenoxy) is 1. The summed E-state index contributed by atoms with van der Waals surface area (Å²) in [6, 6.07) is 1.34. The van der Waals surface area contributed by atoms with Crippen LogP contribution >= 0.6 is 0 Å². The van der Waals surface area contributed by atoms with Gasteiger partial charge in [-0.1, -0.05) is 0 Å². The van der Waals surface area contributed by atoms with E-state index in [-0.39, 0.29) is 17.5 Å². The summed E-state index contributed by atoms with van der Waals surface area (Å²) in [5, 5.41) is 11.3. The molecule has 2 heterocycles. The molecular formula is C14H19BN2O5. The molecule has 118 valence electrons. The van der Waals surface area contributed by atoms with E-state index in [2.05, 4.69) is 4.98 Å². The van der Waals surface area contributed by atoms with Crippen molar-refractivity contribution < 1.29 is 19.0 Å². The fourth-order valence-electron chi connectivity index (χ4n) is 2.19. The molecule has 1 aromatic heterocycles. The number of rotatable bonds is 4. The molecule has 1 aliphatic heterocycles. The molecule has 0 unspecified atom stereocenters. The summed E-state index contributed by atoms with van der Waals surface area (Å²) in [4.78, 5) is 15.0. The van der Waals surface area contributed by atoms with Gasteiger partial charge in [-0.3, -0.25) is 15.1 Å². The van der Waals surface area contributed by atoms with Gasteiger partial charge in [0.2, 0.25) is 5.75 Å². The van der Waals surface area contributed by atoms with Gasteiger partial charge in [0.25, 0.3) is 0 Å². The molecule has 1 aliphatic carbocycles. The van der Waals surface area contributed by atoms with Crippen molar-refractivity contribution >= 4 is 18.4 Å². The lowest BCUT2D eigenvalue weighted by Gasteiger charge is -2.32. The Balaban J connectivity index is 2.00. The molecule has 1 saturated carbocycles. The predicted octanol–water partition coefficient (Wildman–Crippen LogP) is 1.83. The van der Waals surface area contributed by atoms with E-state index in [1.807, 2.05) is 27.7 Å². The van der Waals surface area contributed by atoms with Crippen LogP contribution in [0, 0.1) is 10.1 Å². The minimum absolute atomic E-state index is 0.0177. The molecule has 0 bridgehead atoms. The average Bonchev–Trinajstić information content (AvgIpc) is 3.17. The van der Waals surface area contributed by atoms with E-state index >= 15 is 0 Å². The van der Waals surface area contributed by atoms with Crippen LogP contribution in [0.15, 0.2) is 12.3 Å². The highest BCUT2D eigenvalue weighted by Crippen LogP contribution is 2.38. The number of pyridine rings is 1. The van der Waals surface area contributed by atoms with E-state index in [4.69, 9.17) is 14.0 Å². The molecule has 3 rings (SSSR count). The van der Waals surface area contributed by atoms with Gasteiger partial charge in [0, 0.05) is 12.3 Å². The summed E-state index contributed by atoms with van der Waals surface area (Å²) >= 11 is 0. The fourth-order valence-corrected chi connectivity index (χ4v) is 2.19. The summed E-state index contributed by atoms with van der Waals surface area (Å²) in [7, 11) is -0.779. The van der Waals surface area contributed by atoms with Crippen molar-refractivity contribution in [3.05, 3.63) is 22.4 Å². The molecule has 0 atom stereocenters. The smallest absolute Gasteiger partial charge is 0.483 e. The highest BCUT2D eigenvalue weighted by Gasteiger charge is 2.54. The molecule has 0 N–H and O–H groups in total. The number of nitrogens with zero attached hydrogens (tertiary/aromatic N) is 2. The summed E-state index contributed by atoms with van der Waals surface area (Å²) in [6.07, 6.45) is 3.20. The molecule has 0 amide bonds. The van der Waals surface area contributed by atoms with E-state index in [9.17, 15) is 10.1 Å². The third-order valence-electron chi connectivity index (χ3n) is 4.39.